The van der Waals surface area contributed by atoms with E-state index >= 15 is 0 Å². The number of ether oxygens (including phenoxy) is 1. The fourth-order valence-corrected chi connectivity index (χ4v) is 4.56. The summed E-state index contributed by atoms with van der Waals surface area (Å²) < 4.78 is 23.6. The number of amides is 1. The summed E-state index contributed by atoms with van der Waals surface area (Å²) in [6.07, 6.45) is -2.74. The van der Waals surface area contributed by atoms with Crippen LogP contribution in [0.25, 0.3) is 0 Å². The van der Waals surface area contributed by atoms with E-state index in [-0.39, 0.29) is 18.3 Å². The molecule has 1 heterocycles. The van der Waals surface area contributed by atoms with Crippen LogP contribution in [0.3, 0.4) is 0 Å². The van der Waals surface area contributed by atoms with Crippen LogP contribution in [0.15, 0.2) is 4.99 Å². The Morgan fingerprint density at radius 1 is 1.41 bits per heavy atom. The lowest BCUT2D eigenvalue weighted by atomic mass is 9.86. The lowest BCUT2D eigenvalue weighted by Crippen LogP contribution is -2.60. The maximum atomic E-state index is 12.6. The topological polar surface area (TPSA) is 190 Å². The van der Waals surface area contributed by atoms with Gasteiger partial charge in [-0.1, -0.05) is 6.92 Å². The number of aliphatic hydroxyl groups excluding tert-OH is 2. The first-order valence-corrected chi connectivity index (χ1v) is 10.3. The molecule has 0 aromatic heterocycles. The highest BCUT2D eigenvalue weighted by molar-refractivity contribution is 7.53. The SMILES string of the molecule is CC(=O)N[C@H]1[C@H]([C@H](C)[C@H](O)CO)OC(P(=O)(O)OC(C)C)C[C@@H]1N=C(N)N. The highest BCUT2D eigenvalue weighted by Crippen LogP contribution is 2.53. The van der Waals surface area contributed by atoms with Crippen molar-refractivity contribution in [3.05, 3.63) is 0 Å². The molecule has 0 saturated carbocycles. The number of carbonyl (C=O) groups is 1. The number of aliphatic hydroxyl groups is 2. The Morgan fingerprint density at radius 3 is 2.44 bits per heavy atom. The maximum absolute atomic E-state index is 12.6. The molecule has 12 heteroatoms. The van der Waals surface area contributed by atoms with Gasteiger partial charge < -0.3 is 41.2 Å². The van der Waals surface area contributed by atoms with Gasteiger partial charge in [0.05, 0.1) is 37.0 Å². The Bertz CT molecular complexity index is 585. The first-order valence-electron chi connectivity index (χ1n) is 8.70. The van der Waals surface area contributed by atoms with Crippen molar-refractivity contribution in [2.45, 2.75) is 70.4 Å². The van der Waals surface area contributed by atoms with Crippen molar-refractivity contribution < 1.29 is 33.7 Å². The number of hydrogen-bond donors (Lipinski definition) is 6. The van der Waals surface area contributed by atoms with E-state index in [2.05, 4.69) is 10.3 Å². The molecule has 1 fully saturated rings. The number of nitrogens with one attached hydrogen (secondary N) is 1. The largest absolute Gasteiger partial charge is 0.394 e. The minimum atomic E-state index is -4.21. The Balaban J connectivity index is 3.31. The fourth-order valence-electron chi connectivity index (χ4n) is 3.05. The van der Waals surface area contributed by atoms with Crippen LogP contribution in [0.2, 0.25) is 0 Å². The molecule has 0 aromatic carbocycles. The fraction of sp³-hybridized carbons (Fsp3) is 0.867. The average Bonchev–Trinajstić information content (AvgIpc) is 2.52. The van der Waals surface area contributed by atoms with Gasteiger partial charge in [0, 0.05) is 19.3 Å². The van der Waals surface area contributed by atoms with Crippen molar-refractivity contribution >= 4 is 19.5 Å². The summed E-state index contributed by atoms with van der Waals surface area (Å²) in [5, 5.41) is 22.0. The quantitative estimate of drug-likeness (QED) is 0.163. The third-order valence-electron chi connectivity index (χ3n) is 4.25. The highest BCUT2D eigenvalue weighted by atomic mass is 31.2. The third kappa shape index (κ3) is 6.70. The molecule has 158 valence electrons. The summed E-state index contributed by atoms with van der Waals surface area (Å²) in [4.78, 5) is 26.1. The zero-order chi connectivity index (χ0) is 20.9. The van der Waals surface area contributed by atoms with Gasteiger partial charge in [-0.2, -0.15) is 0 Å². The first kappa shape index (κ1) is 23.8. The summed E-state index contributed by atoms with van der Waals surface area (Å²) in [7, 11) is -4.21. The van der Waals surface area contributed by atoms with E-state index in [4.69, 9.17) is 20.7 Å². The Kier molecular flexibility index (Phi) is 8.65. The summed E-state index contributed by atoms with van der Waals surface area (Å²) in [6.45, 7) is 5.54. The van der Waals surface area contributed by atoms with Crippen molar-refractivity contribution in [1.82, 2.24) is 5.32 Å². The molecular formula is C15H31N4O7P. The van der Waals surface area contributed by atoms with Gasteiger partial charge in [-0.05, 0) is 13.8 Å². The molecule has 1 rings (SSSR count). The number of aliphatic imine (C=N–C) groups is 1. The monoisotopic (exact) mass is 410 g/mol. The number of rotatable bonds is 8. The molecule has 8 N–H and O–H groups in total. The van der Waals surface area contributed by atoms with E-state index in [1.54, 1.807) is 20.8 Å². The summed E-state index contributed by atoms with van der Waals surface area (Å²) in [5.74, 6) is -2.62. The van der Waals surface area contributed by atoms with Crippen molar-refractivity contribution in [2.24, 2.45) is 22.4 Å². The normalized spacial score (nSPS) is 30.2. The second-order valence-electron chi connectivity index (χ2n) is 6.97. The minimum absolute atomic E-state index is 0.0816. The molecule has 7 atom stereocenters. The molecular weight excluding hydrogens is 379 g/mol. The van der Waals surface area contributed by atoms with Crippen molar-refractivity contribution in [3.63, 3.8) is 0 Å². The lowest BCUT2D eigenvalue weighted by Gasteiger charge is -2.44. The molecule has 0 spiro atoms. The Hall–Kier alpha value is -1.23. The van der Waals surface area contributed by atoms with Gasteiger partial charge in [0.25, 0.3) is 0 Å². The van der Waals surface area contributed by atoms with Crippen LogP contribution in [0.5, 0.6) is 0 Å². The van der Waals surface area contributed by atoms with E-state index < -0.39 is 56.4 Å². The van der Waals surface area contributed by atoms with E-state index in [0.717, 1.165) is 0 Å². The second kappa shape index (κ2) is 9.81. The second-order valence-corrected chi connectivity index (χ2v) is 8.88. The van der Waals surface area contributed by atoms with Gasteiger partial charge in [0.1, 0.15) is 0 Å². The predicted molar refractivity (Wildman–Crippen MR) is 98.8 cm³/mol. The van der Waals surface area contributed by atoms with Crippen LogP contribution < -0.4 is 16.8 Å². The summed E-state index contributed by atoms with van der Waals surface area (Å²) >= 11 is 0. The smallest absolute Gasteiger partial charge is 0.356 e. The van der Waals surface area contributed by atoms with Crippen LogP contribution in [-0.2, 0) is 18.6 Å². The molecule has 1 saturated heterocycles. The molecule has 11 nitrogen and oxygen atoms in total. The Labute approximate surface area is 158 Å². The molecule has 1 aliphatic rings. The van der Waals surface area contributed by atoms with Gasteiger partial charge in [0.15, 0.2) is 11.8 Å². The van der Waals surface area contributed by atoms with E-state index in [1.807, 2.05) is 0 Å². The number of guanidine groups is 1. The molecule has 27 heavy (non-hydrogen) atoms. The van der Waals surface area contributed by atoms with E-state index in [1.165, 1.54) is 6.92 Å². The first-order chi connectivity index (χ1) is 12.4. The van der Waals surface area contributed by atoms with Crippen LogP contribution in [-0.4, -0.2) is 69.8 Å². The molecule has 0 bridgehead atoms. The van der Waals surface area contributed by atoms with Crippen LogP contribution in [0.1, 0.15) is 34.1 Å². The zero-order valence-corrected chi connectivity index (χ0v) is 16.9. The molecule has 1 amide bonds. The van der Waals surface area contributed by atoms with E-state index in [9.17, 15) is 24.5 Å². The predicted octanol–water partition coefficient (Wildman–Crippen LogP) is -1.15. The van der Waals surface area contributed by atoms with Gasteiger partial charge in [0.2, 0.25) is 5.91 Å². The number of nitrogens with zero attached hydrogens (tertiary/aromatic N) is 1. The number of hydrogen-bond acceptors (Lipinski definition) is 7. The van der Waals surface area contributed by atoms with Crippen molar-refractivity contribution in [2.75, 3.05) is 6.61 Å². The van der Waals surface area contributed by atoms with Gasteiger partial charge in [-0.15, -0.1) is 0 Å². The van der Waals surface area contributed by atoms with Gasteiger partial charge in [-0.25, -0.2) is 4.99 Å². The van der Waals surface area contributed by atoms with Crippen molar-refractivity contribution in [1.29, 1.82) is 0 Å². The summed E-state index contributed by atoms with van der Waals surface area (Å²) in [6, 6.07) is -1.57. The number of carbonyl (C=O) groups excluding carboxylic acids is 1. The molecule has 0 aromatic rings. The minimum Gasteiger partial charge on any atom is -0.394 e. The Morgan fingerprint density at radius 2 is 2.00 bits per heavy atom. The van der Waals surface area contributed by atoms with Crippen molar-refractivity contribution in [3.8, 4) is 0 Å². The van der Waals surface area contributed by atoms with Crippen LogP contribution in [0, 0.1) is 5.92 Å². The molecule has 0 radical (unpaired) electrons. The number of nitrogens with two attached hydrogens (primary N) is 2. The van der Waals surface area contributed by atoms with Gasteiger partial charge >= 0.3 is 7.60 Å². The lowest BCUT2D eigenvalue weighted by molar-refractivity contribution is -0.129. The zero-order valence-electron chi connectivity index (χ0n) is 16.0. The van der Waals surface area contributed by atoms with E-state index in [0.29, 0.717) is 0 Å². The van der Waals surface area contributed by atoms with Crippen LogP contribution in [0.4, 0.5) is 0 Å². The summed E-state index contributed by atoms with van der Waals surface area (Å²) in [5.41, 5.74) is 11.0. The third-order valence-corrected chi connectivity index (χ3v) is 6.03. The molecule has 0 aliphatic carbocycles. The maximum Gasteiger partial charge on any atom is 0.356 e. The molecule has 1 aliphatic heterocycles. The van der Waals surface area contributed by atoms with Crippen LogP contribution >= 0.6 is 7.60 Å². The van der Waals surface area contributed by atoms with Gasteiger partial charge in [-0.3, -0.25) is 9.36 Å². The molecule has 2 unspecified atom stereocenters. The highest BCUT2D eigenvalue weighted by Gasteiger charge is 2.49. The standard InChI is InChI=1S/C15H31N4O7P/c1-7(2)26-27(23,24)12-5-10(19-15(16)17)13(18-9(4)21)14(25-12)8(3)11(22)6-20/h7-8,10-14,20,22H,5-6H2,1-4H3,(H,18,21)(H,23,24)(H4,16,17,19)/t8-,10+,11-,12?,13-,14+/m1/s1. The average molecular weight is 410 g/mol.